The van der Waals surface area contributed by atoms with E-state index in [1.54, 1.807) is 0 Å². The Balaban J connectivity index is 2.29. The Hall–Kier alpha value is -0.950. The highest BCUT2D eigenvalue weighted by Gasteiger charge is 2.12. The first-order valence-electron chi connectivity index (χ1n) is 5.70. The molecule has 0 aliphatic heterocycles. The van der Waals surface area contributed by atoms with Crippen molar-refractivity contribution in [3.63, 3.8) is 0 Å². The van der Waals surface area contributed by atoms with Gasteiger partial charge in [-0.25, -0.2) is 0 Å². The van der Waals surface area contributed by atoms with Gasteiger partial charge < -0.3 is 15.0 Å². The van der Waals surface area contributed by atoms with Gasteiger partial charge in [0.1, 0.15) is 0 Å². The number of likely N-dealkylation sites (N-methyl/N-ethyl adjacent to an activating group) is 1. The van der Waals surface area contributed by atoms with Crippen molar-refractivity contribution in [1.29, 1.82) is 0 Å². The van der Waals surface area contributed by atoms with E-state index in [1.807, 2.05) is 19.0 Å². The summed E-state index contributed by atoms with van der Waals surface area (Å²) in [5.41, 5.74) is 0.204. The topological polar surface area (TPSA) is 67.3 Å². The zero-order chi connectivity index (χ0) is 14.3. The molecule has 1 aromatic heterocycles. The molecule has 19 heavy (non-hydrogen) atoms. The second-order valence-corrected chi connectivity index (χ2v) is 4.79. The number of rotatable bonds is 7. The quantitative estimate of drug-likeness (QED) is 0.764. The summed E-state index contributed by atoms with van der Waals surface area (Å²) in [6.07, 6.45) is 0. The van der Waals surface area contributed by atoms with Gasteiger partial charge in [-0.2, -0.15) is 0 Å². The number of carbonyl (C=O) groups excluding carboxylic acids is 1. The van der Waals surface area contributed by atoms with Crippen molar-refractivity contribution in [1.82, 2.24) is 20.4 Å². The van der Waals surface area contributed by atoms with Crippen LogP contribution >= 0.6 is 23.2 Å². The Kier molecular flexibility index (Phi) is 7.01. The zero-order valence-corrected chi connectivity index (χ0v) is 12.3. The summed E-state index contributed by atoms with van der Waals surface area (Å²) in [5.74, 6) is -0.349. The summed E-state index contributed by atoms with van der Waals surface area (Å²) < 4.78 is 5.34. The SMILES string of the molecule is CN(C)CCOCCNC(=O)c1cc(Cl)nnc1Cl. The van der Waals surface area contributed by atoms with Crippen LogP contribution < -0.4 is 5.32 Å². The summed E-state index contributed by atoms with van der Waals surface area (Å²) in [5, 5.41) is 9.91. The maximum atomic E-state index is 11.8. The van der Waals surface area contributed by atoms with Gasteiger partial charge in [0, 0.05) is 13.1 Å². The lowest BCUT2D eigenvalue weighted by Gasteiger charge is -2.10. The van der Waals surface area contributed by atoms with Crippen LogP contribution in [0.5, 0.6) is 0 Å². The van der Waals surface area contributed by atoms with E-state index in [4.69, 9.17) is 27.9 Å². The normalized spacial score (nSPS) is 10.8. The first-order valence-corrected chi connectivity index (χ1v) is 6.45. The van der Waals surface area contributed by atoms with Crippen LogP contribution in [-0.4, -0.2) is 61.4 Å². The molecule has 6 nitrogen and oxygen atoms in total. The van der Waals surface area contributed by atoms with Crippen molar-refractivity contribution < 1.29 is 9.53 Å². The average molecular weight is 307 g/mol. The van der Waals surface area contributed by atoms with E-state index < -0.39 is 0 Å². The van der Waals surface area contributed by atoms with Crippen LogP contribution in [0.3, 0.4) is 0 Å². The van der Waals surface area contributed by atoms with E-state index in [0.29, 0.717) is 19.8 Å². The van der Waals surface area contributed by atoms with Gasteiger partial charge in [-0.1, -0.05) is 23.2 Å². The number of aromatic nitrogens is 2. The molecule has 8 heteroatoms. The highest BCUT2D eigenvalue weighted by atomic mass is 35.5. The highest BCUT2D eigenvalue weighted by molar-refractivity contribution is 6.34. The average Bonchev–Trinajstić information content (AvgIpc) is 2.36. The van der Waals surface area contributed by atoms with Crippen LogP contribution in [0.25, 0.3) is 0 Å². The fraction of sp³-hybridized carbons (Fsp3) is 0.545. The van der Waals surface area contributed by atoms with Gasteiger partial charge in [0.15, 0.2) is 10.3 Å². The molecule has 1 N–H and O–H groups in total. The summed E-state index contributed by atoms with van der Waals surface area (Å²) in [6.45, 7) is 2.28. The minimum absolute atomic E-state index is 0.0235. The summed E-state index contributed by atoms with van der Waals surface area (Å²) in [4.78, 5) is 13.8. The molecule has 0 spiro atoms. The minimum Gasteiger partial charge on any atom is -0.378 e. The molecule has 1 heterocycles. The number of halogens is 2. The monoisotopic (exact) mass is 306 g/mol. The molecule has 0 aliphatic carbocycles. The second kappa shape index (κ2) is 8.27. The molecule has 0 aromatic carbocycles. The van der Waals surface area contributed by atoms with Crippen LogP contribution in [0, 0.1) is 0 Å². The van der Waals surface area contributed by atoms with Crippen molar-refractivity contribution in [2.75, 3.05) is 40.4 Å². The Labute approximate surface area is 122 Å². The van der Waals surface area contributed by atoms with Crippen molar-refractivity contribution >= 4 is 29.1 Å². The third kappa shape index (κ3) is 6.15. The summed E-state index contributed by atoms with van der Waals surface area (Å²) in [7, 11) is 3.93. The van der Waals surface area contributed by atoms with Crippen LogP contribution in [0.2, 0.25) is 10.3 Å². The molecule has 0 saturated heterocycles. The molecule has 0 unspecified atom stereocenters. The lowest BCUT2D eigenvalue weighted by atomic mass is 10.3. The van der Waals surface area contributed by atoms with E-state index in [0.717, 1.165) is 6.54 Å². The highest BCUT2D eigenvalue weighted by Crippen LogP contribution is 2.14. The summed E-state index contributed by atoms with van der Waals surface area (Å²) >= 11 is 11.4. The van der Waals surface area contributed by atoms with Gasteiger partial charge in [-0.15, -0.1) is 10.2 Å². The molecule has 1 rings (SSSR count). The molecule has 0 radical (unpaired) electrons. The Morgan fingerprint density at radius 1 is 1.37 bits per heavy atom. The molecule has 0 saturated carbocycles. The third-order valence-corrected chi connectivity index (χ3v) is 2.64. The number of nitrogens with zero attached hydrogens (tertiary/aromatic N) is 3. The van der Waals surface area contributed by atoms with E-state index >= 15 is 0 Å². The predicted molar refractivity (Wildman–Crippen MR) is 73.8 cm³/mol. The number of carbonyl (C=O) groups is 1. The molecule has 0 fully saturated rings. The molecule has 1 amide bonds. The Morgan fingerprint density at radius 3 is 2.79 bits per heavy atom. The lowest BCUT2D eigenvalue weighted by Crippen LogP contribution is -2.28. The second-order valence-electron chi connectivity index (χ2n) is 4.04. The van der Waals surface area contributed by atoms with Crippen LogP contribution in [0.4, 0.5) is 0 Å². The van der Waals surface area contributed by atoms with Crippen LogP contribution in [-0.2, 0) is 4.74 Å². The number of nitrogens with one attached hydrogen (secondary N) is 1. The molecule has 0 aliphatic rings. The Morgan fingerprint density at radius 2 is 2.11 bits per heavy atom. The maximum Gasteiger partial charge on any atom is 0.254 e. The van der Waals surface area contributed by atoms with Crippen LogP contribution in [0.15, 0.2) is 6.07 Å². The maximum absolute atomic E-state index is 11.8. The van der Waals surface area contributed by atoms with Gasteiger partial charge in [-0.05, 0) is 20.2 Å². The van der Waals surface area contributed by atoms with Crippen molar-refractivity contribution in [3.05, 3.63) is 21.9 Å². The smallest absolute Gasteiger partial charge is 0.254 e. The van der Waals surface area contributed by atoms with E-state index in [9.17, 15) is 4.79 Å². The van der Waals surface area contributed by atoms with E-state index in [2.05, 4.69) is 15.5 Å². The first-order chi connectivity index (χ1) is 9.00. The fourth-order valence-corrected chi connectivity index (χ4v) is 1.52. The van der Waals surface area contributed by atoms with Crippen molar-refractivity contribution in [2.45, 2.75) is 0 Å². The number of hydrogen-bond donors (Lipinski definition) is 1. The summed E-state index contributed by atoms with van der Waals surface area (Å²) in [6, 6.07) is 1.37. The van der Waals surface area contributed by atoms with Gasteiger partial charge in [0.05, 0.1) is 18.8 Å². The van der Waals surface area contributed by atoms with E-state index in [-0.39, 0.29) is 21.8 Å². The molecule has 106 valence electrons. The Bertz CT molecular complexity index is 429. The molecule has 0 atom stereocenters. The van der Waals surface area contributed by atoms with Crippen LogP contribution in [0.1, 0.15) is 10.4 Å². The van der Waals surface area contributed by atoms with Gasteiger partial charge in [0.2, 0.25) is 0 Å². The number of hydrogen-bond acceptors (Lipinski definition) is 5. The largest absolute Gasteiger partial charge is 0.378 e. The number of amides is 1. The van der Waals surface area contributed by atoms with Crippen molar-refractivity contribution in [3.8, 4) is 0 Å². The standard InChI is InChI=1S/C11H16Cl2N4O2/c1-17(2)4-6-19-5-3-14-11(18)8-7-9(12)15-16-10(8)13/h7H,3-6H2,1-2H3,(H,14,18). The lowest BCUT2D eigenvalue weighted by molar-refractivity contribution is 0.0900. The molecule has 0 bridgehead atoms. The number of ether oxygens (including phenoxy) is 1. The third-order valence-electron chi connectivity index (χ3n) is 2.18. The molecular formula is C11H16Cl2N4O2. The molecular weight excluding hydrogens is 291 g/mol. The van der Waals surface area contributed by atoms with Gasteiger partial charge >= 0.3 is 0 Å². The zero-order valence-electron chi connectivity index (χ0n) is 10.8. The first kappa shape index (κ1) is 16.1. The minimum atomic E-state index is -0.349. The van der Waals surface area contributed by atoms with E-state index in [1.165, 1.54) is 6.07 Å². The van der Waals surface area contributed by atoms with Gasteiger partial charge in [-0.3, -0.25) is 4.79 Å². The van der Waals surface area contributed by atoms with Crippen molar-refractivity contribution in [2.24, 2.45) is 0 Å². The van der Waals surface area contributed by atoms with Gasteiger partial charge in [0.25, 0.3) is 5.91 Å². The molecule has 1 aromatic rings. The predicted octanol–water partition coefficient (Wildman–Crippen LogP) is 1.09. The fourth-order valence-electron chi connectivity index (χ4n) is 1.19.